The molecule has 42 heavy (non-hydrogen) atoms. The highest BCUT2D eigenvalue weighted by Crippen LogP contribution is 2.24. The van der Waals surface area contributed by atoms with Crippen LogP contribution >= 0.6 is 0 Å². The number of imide groups is 1. The van der Waals surface area contributed by atoms with Crippen LogP contribution in [0, 0.1) is 0 Å². The Kier molecular flexibility index (Phi) is 9.32. The molecule has 3 N–H and O–H groups in total. The highest BCUT2D eigenvalue weighted by molar-refractivity contribution is 6.20. The molecule has 2 heterocycles. The number of ether oxygens (including phenoxy) is 2. The normalized spacial score (nSPS) is 13.4. The molecule has 0 saturated carbocycles. The fourth-order valence-electron chi connectivity index (χ4n) is 3.82. The second-order valence-corrected chi connectivity index (χ2v) is 10.2. The number of rotatable bonds is 12. The summed E-state index contributed by atoms with van der Waals surface area (Å²) in [7, 11) is 0. The number of carboxylic acids is 1. The van der Waals surface area contributed by atoms with E-state index in [0.717, 1.165) is 5.56 Å². The summed E-state index contributed by atoms with van der Waals surface area (Å²) in [5.74, 6) is -1.94. The molecule has 1 atom stereocenters. The van der Waals surface area contributed by atoms with Gasteiger partial charge in [0.2, 0.25) is 6.10 Å². The molecule has 0 spiro atoms. The fraction of sp³-hybridized carbons (Fsp3) is 0.310. The lowest BCUT2D eigenvalue weighted by atomic mass is 10.1. The topological polar surface area (TPSA) is 169 Å². The first-order chi connectivity index (χ1) is 20.0. The number of nitrogens with zero attached hydrogens (tertiary/aromatic N) is 3. The summed E-state index contributed by atoms with van der Waals surface area (Å²) in [5.41, 5.74) is 1.10. The molecule has 0 fully saturated rings. The third kappa shape index (κ3) is 7.79. The number of benzene rings is 2. The van der Waals surface area contributed by atoms with Crippen LogP contribution in [-0.4, -0.2) is 75.6 Å². The van der Waals surface area contributed by atoms with E-state index in [-0.39, 0.29) is 11.1 Å². The van der Waals surface area contributed by atoms with Crippen LogP contribution < -0.4 is 15.4 Å². The maximum atomic E-state index is 12.5. The van der Waals surface area contributed by atoms with Crippen LogP contribution in [0.1, 0.15) is 47.9 Å². The standard InChI is InChI=1S/C29H31N5O8/c1-29(2,3)41-28(39)31-16-6-15-30-24-14-13-22(32-33-24)18-9-11-19(12-10-18)40-17-23(27(37)38)42-34-25(35)20-7-4-5-8-21(20)26(34)36/h4-5,7-14,23H,6,15-17H2,1-3H3,(H,30,33)(H,31,39)(H,37,38). The van der Waals surface area contributed by atoms with E-state index < -0.39 is 42.2 Å². The lowest BCUT2D eigenvalue weighted by Gasteiger charge is -2.19. The molecule has 4 rings (SSSR count). The number of anilines is 1. The third-order valence-corrected chi connectivity index (χ3v) is 5.81. The molecule has 1 aliphatic heterocycles. The quantitative estimate of drug-likeness (QED) is 0.213. The highest BCUT2D eigenvalue weighted by atomic mass is 16.7. The minimum absolute atomic E-state index is 0.141. The van der Waals surface area contributed by atoms with Gasteiger partial charge in [-0.3, -0.25) is 9.59 Å². The average Bonchev–Trinajstić information content (AvgIpc) is 3.19. The number of fused-ring (bicyclic) bond motifs is 1. The van der Waals surface area contributed by atoms with Crippen molar-refractivity contribution in [2.75, 3.05) is 25.0 Å². The SMILES string of the molecule is CC(C)(C)OC(=O)NCCCNc1ccc(-c2ccc(OCC(ON3C(=O)c4ccccc4C3=O)C(=O)O)cc2)nn1. The van der Waals surface area contributed by atoms with Gasteiger partial charge in [-0.2, -0.15) is 0 Å². The second-order valence-electron chi connectivity index (χ2n) is 10.2. The lowest BCUT2D eigenvalue weighted by molar-refractivity contribution is -0.178. The minimum Gasteiger partial charge on any atom is -0.490 e. The van der Waals surface area contributed by atoms with E-state index >= 15 is 0 Å². The van der Waals surface area contributed by atoms with Crippen molar-refractivity contribution < 1.29 is 38.6 Å². The number of aliphatic carboxylic acids is 1. The van der Waals surface area contributed by atoms with Gasteiger partial charge in [0.15, 0.2) is 0 Å². The summed E-state index contributed by atoms with van der Waals surface area (Å²) < 4.78 is 10.8. The van der Waals surface area contributed by atoms with Crippen LogP contribution in [-0.2, 0) is 14.4 Å². The van der Waals surface area contributed by atoms with Gasteiger partial charge in [0.1, 0.15) is 23.8 Å². The van der Waals surface area contributed by atoms with Crippen molar-refractivity contribution in [2.24, 2.45) is 0 Å². The van der Waals surface area contributed by atoms with E-state index in [2.05, 4.69) is 20.8 Å². The number of hydrogen-bond acceptors (Lipinski definition) is 10. The van der Waals surface area contributed by atoms with Gasteiger partial charge in [-0.15, -0.1) is 15.3 Å². The van der Waals surface area contributed by atoms with E-state index in [4.69, 9.17) is 14.3 Å². The van der Waals surface area contributed by atoms with Gasteiger partial charge in [0.05, 0.1) is 16.8 Å². The first-order valence-corrected chi connectivity index (χ1v) is 13.2. The zero-order valence-electron chi connectivity index (χ0n) is 23.3. The van der Waals surface area contributed by atoms with Crippen LogP contribution in [0.25, 0.3) is 11.3 Å². The van der Waals surface area contributed by atoms with Crippen LogP contribution in [0.5, 0.6) is 5.75 Å². The molecule has 13 nitrogen and oxygen atoms in total. The lowest BCUT2D eigenvalue weighted by Crippen LogP contribution is -2.41. The third-order valence-electron chi connectivity index (χ3n) is 5.81. The van der Waals surface area contributed by atoms with Crippen LogP contribution in [0.2, 0.25) is 0 Å². The first-order valence-electron chi connectivity index (χ1n) is 13.2. The van der Waals surface area contributed by atoms with E-state index in [0.29, 0.717) is 41.8 Å². The van der Waals surface area contributed by atoms with Crippen molar-refractivity contribution >= 4 is 29.7 Å². The van der Waals surface area contributed by atoms with Gasteiger partial charge in [-0.05, 0) is 75.7 Å². The number of aromatic nitrogens is 2. The smallest absolute Gasteiger partial charge is 0.407 e. The summed E-state index contributed by atoms with van der Waals surface area (Å²) in [6, 6.07) is 16.4. The van der Waals surface area contributed by atoms with Gasteiger partial charge in [0.25, 0.3) is 11.8 Å². The van der Waals surface area contributed by atoms with Crippen molar-refractivity contribution in [3.63, 3.8) is 0 Å². The Hall–Kier alpha value is -5.04. The predicted molar refractivity (Wildman–Crippen MR) is 150 cm³/mol. The maximum Gasteiger partial charge on any atom is 0.407 e. The number of carbonyl (C=O) groups excluding carboxylic acids is 3. The summed E-state index contributed by atoms with van der Waals surface area (Å²) in [4.78, 5) is 53.6. The molecule has 220 valence electrons. The zero-order valence-corrected chi connectivity index (χ0v) is 23.3. The molecule has 3 aromatic rings. The molecule has 13 heteroatoms. The van der Waals surface area contributed by atoms with Crippen molar-refractivity contribution in [1.82, 2.24) is 20.6 Å². The van der Waals surface area contributed by atoms with Gasteiger partial charge < -0.3 is 25.2 Å². The van der Waals surface area contributed by atoms with E-state index in [1.807, 2.05) is 0 Å². The molecular weight excluding hydrogens is 546 g/mol. The Bertz CT molecular complexity index is 1400. The molecule has 1 unspecified atom stereocenters. The van der Waals surface area contributed by atoms with Gasteiger partial charge in [-0.25, -0.2) is 14.4 Å². The Morgan fingerprint density at radius 3 is 2.17 bits per heavy atom. The van der Waals surface area contributed by atoms with E-state index in [1.165, 1.54) is 12.1 Å². The largest absolute Gasteiger partial charge is 0.490 e. The predicted octanol–water partition coefficient (Wildman–Crippen LogP) is 3.53. The van der Waals surface area contributed by atoms with E-state index in [9.17, 15) is 24.3 Å². The first kappa shape index (κ1) is 29.9. The second kappa shape index (κ2) is 13.1. The maximum absolute atomic E-state index is 12.5. The molecule has 1 aliphatic rings. The van der Waals surface area contributed by atoms with Gasteiger partial charge >= 0.3 is 12.1 Å². The number of amides is 3. The number of nitrogens with one attached hydrogen (secondary N) is 2. The Labute approximate surface area is 241 Å². The number of hydrogen-bond donors (Lipinski definition) is 3. The molecule has 2 aromatic carbocycles. The van der Waals surface area contributed by atoms with Gasteiger partial charge in [0, 0.05) is 18.7 Å². The number of carboxylic acid groups (broad SMARTS) is 1. The van der Waals surface area contributed by atoms with Crippen molar-refractivity contribution in [1.29, 1.82) is 0 Å². The highest BCUT2D eigenvalue weighted by Gasteiger charge is 2.39. The summed E-state index contributed by atoms with van der Waals surface area (Å²) in [6.45, 7) is 5.98. The zero-order chi connectivity index (χ0) is 30.3. The monoisotopic (exact) mass is 577 g/mol. The van der Waals surface area contributed by atoms with Crippen LogP contribution in [0.15, 0.2) is 60.7 Å². The summed E-state index contributed by atoms with van der Waals surface area (Å²) in [6.07, 6.45) is -1.40. The average molecular weight is 578 g/mol. The summed E-state index contributed by atoms with van der Waals surface area (Å²) >= 11 is 0. The Morgan fingerprint density at radius 1 is 0.929 bits per heavy atom. The number of carbonyl (C=O) groups is 4. The Balaban J connectivity index is 1.24. The minimum atomic E-state index is -1.61. The molecular formula is C29H31N5O8. The number of hydroxylamine groups is 2. The van der Waals surface area contributed by atoms with Crippen molar-refractivity contribution in [3.05, 3.63) is 71.8 Å². The van der Waals surface area contributed by atoms with Gasteiger partial charge in [-0.1, -0.05) is 12.1 Å². The Morgan fingerprint density at radius 2 is 1.60 bits per heavy atom. The van der Waals surface area contributed by atoms with Crippen LogP contribution in [0.3, 0.4) is 0 Å². The summed E-state index contributed by atoms with van der Waals surface area (Å²) in [5, 5.41) is 24.2. The molecule has 0 saturated heterocycles. The van der Waals surface area contributed by atoms with Crippen molar-refractivity contribution in [2.45, 2.75) is 38.9 Å². The van der Waals surface area contributed by atoms with Crippen molar-refractivity contribution in [3.8, 4) is 17.0 Å². The molecule has 0 radical (unpaired) electrons. The number of alkyl carbamates (subject to hydrolysis) is 1. The van der Waals surface area contributed by atoms with Crippen LogP contribution in [0.4, 0.5) is 10.6 Å². The van der Waals surface area contributed by atoms with E-state index in [1.54, 1.807) is 69.3 Å². The molecule has 1 aromatic heterocycles. The fourth-order valence-corrected chi connectivity index (χ4v) is 3.82. The molecule has 0 bridgehead atoms. The molecule has 0 aliphatic carbocycles. The molecule has 3 amide bonds.